The lowest BCUT2D eigenvalue weighted by Crippen LogP contribution is -2.47. The summed E-state index contributed by atoms with van der Waals surface area (Å²) < 4.78 is 55.1. The standard InChI is InChI=1S/C25H60O9S5Si3/c1-10-26-40(27-11-2,28-12-3)22-19-25(35)39(21-24-42(32-16-7,33-17-8)34-18-9)38-37-36-20-23-41(29-13-4,30-14-5)31-15-6/h25,35,39H,10-24H2,1-9H3. The summed E-state index contributed by atoms with van der Waals surface area (Å²) in [5.74, 6) is 1.81. The zero-order valence-corrected chi connectivity index (χ0v) is 34.7. The van der Waals surface area contributed by atoms with Crippen LogP contribution >= 0.6 is 53.0 Å². The minimum Gasteiger partial charge on any atom is -0.374 e. The van der Waals surface area contributed by atoms with Gasteiger partial charge < -0.3 is 39.8 Å². The predicted molar refractivity (Wildman–Crippen MR) is 195 cm³/mol. The summed E-state index contributed by atoms with van der Waals surface area (Å²) in [6.07, 6.45) is 0.848. The molecule has 256 valence electrons. The lowest BCUT2D eigenvalue weighted by molar-refractivity contribution is 0.0706. The molecular formula is C25H60O9S5Si3. The summed E-state index contributed by atoms with van der Waals surface area (Å²) in [5.41, 5.74) is 0. The molecule has 0 bridgehead atoms. The fraction of sp³-hybridized carbons (Fsp3) is 1.00. The lowest BCUT2D eigenvalue weighted by Gasteiger charge is -2.34. The van der Waals surface area contributed by atoms with Gasteiger partial charge in [-0.2, -0.15) is 22.6 Å². The van der Waals surface area contributed by atoms with Gasteiger partial charge in [-0.25, -0.2) is 0 Å². The van der Waals surface area contributed by atoms with E-state index in [0.29, 0.717) is 59.5 Å². The second kappa shape index (κ2) is 27.0. The zero-order valence-electron chi connectivity index (χ0n) is 27.5. The molecule has 0 aliphatic heterocycles. The van der Waals surface area contributed by atoms with Crippen molar-refractivity contribution in [3.8, 4) is 0 Å². The molecular weight excluding hydrogens is 689 g/mol. The van der Waals surface area contributed by atoms with Crippen molar-refractivity contribution >= 4 is 79.4 Å². The van der Waals surface area contributed by atoms with Crippen LogP contribution in [-0.4, -0.2) is 102 Å². The average molecular weight is 749 g/mol. The molecule has 2 atom stereocenters. The van der Waals surface area contributed by atoms with Crippen molar-refractivity contribution in [3.63, 3.8) is 0 Å². The van der Waals surface area contributed by atoms with Gasteiger partial charge in [0.2, 0.25) is 0 Å². The van der Waals surface area contributed by atoms with Crippen LogP contribution in [0.2, 0.25) is 18.1 Å². The van der Waals surface area contributed by atoms with Crippen molar-refractivity contribution in [2.24, 2.45) is 0 Å². The van der Waals surface area contributed by atoms with Gasteiger partial charge in [0.15, 0.2) is 0 Å². The van der Waals surface area contributed by atoms with Gasteiger partial charge in [-0.15, -0.1) is 0 Å². The van der Waals surface area contributed by atoms with Crippen molar-refractivity contribution in [3.05, 3.63) is 0 Å². The second-order valence-corrected chi connectivity index (χ2v) is 26.2. The second-order valence-electron chi connectivity index (χ2n) is 8.57. The first-order chi connectivity index (χ1) is 20.2. The molecule has 0 aromatic carbocycles. The van der Waals surface area contributed by atoms with Gasteiger partial charge in [-0.1, -0.05) is 10.8 Å². The van der Waals surface area contributed by atoms with Crippen LogP contribution in [0.3, 0.4) is 0 Å². The first-order valence-electron chi connectivity index (χ1n) is 15.4. The van der Waals surface area contributed by atoms with Crippen LogP contribution in [0.15, 0.2) is 0 Å². The normalized spacial score (nSPS) is 14.9. The molecule has 42 heavy (non-hydrogen) atoms. The van der Waals surface area contributed by atoms with Crippen LogP contribution in [0.25, 0.3) is 0 Å². The molecule has 0 heterocycles. The van der Waals surface area contributed by atoms with Crippen LogP contribution < -0.4 is 0 Å². The molecule has 0 radical (unpaired) electrons. The molecule has 0 N–H and O–H groups in total. The summed E-state index contributed by atoms with van der Waals surface area (Å²) in [5, 5.41) is 0. The van der Waals surface area contributed by atoms with Gasteiger partial charge in [0, 0.05) is 87.9 Å². The molecule has 9 nitrogen and oxygen atoms in total. The van der Waals surface area contributed by atoms with Gasteiger partial charge >= 0.3 is 26.4 Å². The molecule has 0 aliphatic carbocycles. The Bertz CT molecular complexity index is 587. The van der Waals surface area contributed by atoms with Gasteiger partial charge in [0.1, 0.15) is 0 Å². The molecule has 0 saturated carbocycles. The van der Waals surface area contributed by atoms with E-state index in [0.717, 1.165) is 36.1 Å². The first-order valence-corrected chi connectivity index (χ1v) is 27.6. The third-order valence-corrected chi connectivity index (χ3v) is 27.1. The maximum Gasteiger partial charge on any atom is 0.501 e. The summed E-state index contributed by atoms with van der Waals surface area (Å²) >= 11 is 5.16. The van der Waals surface area contributed by atoms with Crippen LogP contribution in [0, 0.1) is 0 Å². The van der Waals surface area contributed by atoms with Crippen molar-refractivity contribution in [2.75, 3.05) is 71.0 Å². The van der Waals surface area contributed by atoms with Crippen LogP contribution in [0.4, 0.5) is 0 Å². The molecule has 0 rings (SSSR count). The highest BCUT2D eigenvalue weighted by molar-refractivity contribution is 9.29. The Labute approximate surface area is 280 Å². The Morgan fingerprint density at radius 1 is 0.524 bits per heavy atom. The minimum absolute atomic E-state index is 0.159. The topological polar surface area (TPSA) is 83.1 Å². The molecule has 0 amide bonds. The Hall–Kier alpha value is 2.04. The fourth-order valence-corrected chi connectivity index (χ4v) is 26.8. The number of thiol groups is 2. The number of hydrogen-bond acceptors (Lipinski definition) is 13. The lowest BCUT2D eigenvalue weighted by atomic mass is 10.6. The van der Waals surface area contributed by atoms with E-state index >= 15 is 0 Å². The fourth-order valence-electron chi connectivity index (χ4n) is 4.20. The highest BCUT2D eigenvalue weighted by Gasteiger charge is 2.43. The smallest absolute Gasteiger partial charge is 0.374 e. The van der Waals surface area contributed by atoms with Gasteiger partial charge in [-0.3, -0.25) is 0 Å². The van der Waals surface area contributed by atoms with E-state index in [1.165, 1.54) is 0 Å². The third kappa shape index (κ3) is 17.8. The van der Waals surface area contributed by atoms with Gasteiger partial charge in [0.05, 0.1) is 0 Å². The summed E-state index contributed by atoms with van der Waals surface area (Å²) in [7, 11) is -3.19. The predicted octanol–water partition coefficient (Wildman–Crippen LogP) is 7.72. The molecule has 2 unspecified atom stereocenters. The molecule has 0 saturated heterocycles. The quantitative estimate of drug-likeness (QED) is 0.0315. The monoisotopic (exact) mass is 748 g/mol. The average Bonchev–Trinajstić information content (AvgIpc) is 2.94. The first kappa shape index (κ1) is 44.0. The van der Waals surface area contributed by atoms with E-state index in [4.69, 9.17) is 52.5 Å². The Kier molecular flexibility index (Phi) is 28.4. The molecule has 0 aromatic rings. The van der Waals surface area contributed by atoms with Crippen molar-refractivity contribution in [2.45, 2.75) is 91.4 Å². The van der Waals surface area contributed by atoms with Gasteiger partial charge in [0.25, 0.3) is 0 Å². The Morgan fingerprint density at radius 3 is 1.21 bits per heavy atom. The van der Waals surface area contributed by atoms with Crippen molar-refractivity contribution in [1.82, 2.24) is 0 Å². The number of rotatable bonds is 31. The highest BCUT2D eigenvalue weighted by Crippen LogP contribution is 2.58. The summed E-state index contributed by atoms with van der Waals surface area (Å²) in [6, 6.07) is 2.29. The van der Waals surface area contributed by atoms with E-state index < -0.39 is 36.3 Å². The SMILES string of the molecule is CCO[Si](CCSSS[SH](CC[Si](OCC)(OCC)OCC)C(S)CC[Si](OCC)(OCC)OCC)(OCC)OCC. The van der Waals surface area contributed by atoms with Crippen molar-refractivity contribution < 1.29 is 39.8 Å². The van der Waals surface area contributed by atoms with Crippen LogP contribution in [-0.2, 0) is 39.8 Å². The zero-order chi connectivity index (χ0) is 31.7. The van der Waals surface area contributed by atoms with Crippen molar-refractivity contribution in [1.29, 1.82) is 0 Å². The molecule has 0 aromatic heterocycles. The molecule has 0 fully saturated rings. The molecule has 0 spiro atoms. The van der Waals surface area contributed by atoms with Gasteiger partial charge in [-0.05, 0) is 94.1 Å². The summed E-state index contributed by atoms with van der Waals surface area (Å²) in [4.78, 5) is 0. The third-order valence-electron chi connectivity index (χ3n) is 5.62. The van der Waals surface area contributed by atoms with E-state index in [2.05, 4.69) is 0 Å². The summed E-state index contributed by atoms with van der Waals surface area (Å²) in [6.45, 7) is 23.2. The van der Waals surface area contributed by atoms with E-state index in [-0.39, 0.29) is 4.58 Å². The maximum atomic E-state index is 6.17. The van der Waals surface area contributed by atoms with E-state index in [9.17, 15) is 0 Å². The minimum atomic E-state index is -2.77. The van der Waals surface area contributed by atoms with E-state index in [1.807, 2.05) is 92.8 Å². The largest absolute Gasteiger partial charge is 0.501 e. The Morgan fingerprint density at radius 2 is 0.857 bits per heavy atom. The Balaban J connectivity index is 5.60. The molecule has 17 heteroatoms. The van der Waals surface area contributed by atoms with Crippen LogP contribution in [0.1, 0.15) is 68.7 Å². The maximum absolute atomic E-state index is 6.17. The number of hydrogen-bond donors (Lipinski definition) is 2. The van der Waals surface area contributed by atoms with Crippen LogP contribution in [0.5, 0.6) is 0 Å². The van der Waals surface area contributed by atoms with E-state index in [1.54, 1.807) is 0 Å². The highest BCUT2D eigenvalue weighted by atomic mass is 33.7. The molecule has 0 aliphatic rings.